The molecule has 29 heavy (non-hydrogen) atoms. The fraction of sp³-hybridized carbons (Fsp3) is 0.167. The number of carbonyl (C=O) groups excluding carboxylic acids is 1. The number of nitrogens with one attached hydrogen (secondary N) is 1. The van der Waals surface area contributed by atoms with E-state index in [2.05, 4.69) is 25.6 Å². The van der Waals surface area contributed by atoms with Gasteiger partial charge in [-0.2, -0.15) is 0 Å². The van der Waals surface area contributed by atoms with Crippen LogP contribution in [0.2, 0.25) is 0 Å². The molecule has 0 aliphatic rings. The van der Waals surface area contributed by atoms with Gasteiger partial charge in [0.1, 0.15) is 5.65 Å². The van der Waals surface area contributed by atoms with Crippen molar-refractivity contribution >= 4 is 27.5 Å². The maximum Gasteiger partial charge on any atom is 0.220 e. The fourth-order valence-corrected chi connectivity index (χ4v) is 3.76. The molecule has 0 saturated heterocycles. The van der Waals surface area contributed by atoms with Crippen molar-refractivity contribution in [2.75, 3.05) is 0 Å². The predicted molar refractivity (Wildman–Crippen MR) is 120 cm³/mol. The molecule has 1 amide bonds. The molecule has 0 bridgehead atoms. The number of hydrogen-bond donors (Lipinski definition) is 1. The van der Waals surface area contributed by atoms with Crippen LogP contribution in [0.3, 0.4) is 0 Å². The maximum absolute atomic E-state index is 12.6. The lowest BCUT2D eigenvalue weighted by Crippen LogP contribution is -2.26. The molecule has 0 fully saturated rings. The second-order valence-electron chi connectivity index (χ2n) is 7.04. The molecule has 1 N–H and O–H groups in total. The van der Waals surface area contributed by atoms with Crippen molar-refractivity contribution in [1.82, 2.24) is 14.7 Å². The van der Waals surface area contributed by atoms with Crippen LogP contribution in [-0.4, -0.2) is 15.3 Å². The van der Waals surface area contributed by atoms with E-state index in [0.29, 0.717) is 12.8 Å². The second kappa shape index (κ2) is 8.62. The van der Waals surface area contributed by atoms with Gasteiger partial charge in [-0.3, -0.25) is 4.79 Å². The van der Waals surface area contributed by atoms with E-state index in [4.69, 9.17) is 4.98 Å². The molecule has 4 rings (SSSR count). The lowest BCUT2D eigenvalue weighted by Gasteiger charge is -2.14. The number of hydrogen-bond acceptors (Lipinski definition) is 2. The number of aryl methyl sites for hydroxylation is 1. The summed E-state index contributed by atoms with van der Waals surface area (Å²) in [6.45, 7) is 2.01. The van der Waals surface area contributed by atoms with Crippen molar-refractivity contribution in [3.05, 3.63) is 94.7 Å². The Balaban J connectivity index is 1.55. The summed E-state index contributed by atoms with van der Waals surface area (Å²) in [7, 11) is 0. The zero-order valence-corrected chi connectivity index (χ0v) is 17.8. The zero-order chi connectivity index (χ0) is 20.2. The SMILES string of the molecule is C[C@@H](NC(=O)CCc1c(-c2ccc(Br)cc2)nc2ccccn12)c1ccccc1. The van der Waals surface area contributed by atoms with Gasteiger partial charge < -0.3 is 9.72 Å². The highest BCUT2D eigenvalue weighted by atomic mass is 79.9. The average Bonchev–Trinajstić information content (AvgIpc) is 3.12. The van der Waals surface area contributed by atoms with E-state index in [1.807, 2.05) is 85.9 Å². The Bertz CT molecular complexity index is 1120. The van der Waals surface area contributed by atoms with Crippen LogP contribution in [0.15, 0.2) is 83.5 Å². The summed E-state index contributed by atoms with van der Waals surface area (Å²) in [4.78, 5) is 17.4. The van der Waals surface area contributed by atoms with E-state index >= 15 is 0 Å². The van der Waals surface area contributed by atoms with E-state index < -0.39 is 0 Å². The van der Waals surface area contributed by atoms with E-state index in [0.717, 1.165) is 32.6 Å². The summed E-state index contributed by atoms with van der Waals surface area (Å²) in [5, 5.41) is 3.10. The summed E-state index contributed by atoms with van der Waals surface area (Å²) >= 11 is 3.48. The molecule has 0 unspecified atom stereocenters. The number of fused-ring (bicyclic) bond motifs is 1. The van der Waals surface area contributed by atoms with Crippen LogP contribution in [-0.2, 0) is 11.2 Å². The van der Waals surface area contributed by atoms with E-state index in [1.165, 1.54) is 0 Å². The molecular formula is C24H22BrN3O. The third-order valence-electron chi connectivity index (χ3n) is 5.01. The topological polar surface area (TPSA) is 46.4 Å². The molecule has 2 heterocycles. The van der Waals surface area contributed by atoms with Gasteiger partial charge in [0.2, 0.25) is 5.91 Å². The van der Waals surface area contributed by atoms with Crippen LogP contribution >= 0.6 is 15.9 Å². The highest BCUT2D eigenvalue weighted by Gasteiger charge is 2.16. The molecular weight excluding hydrogens is 426 g/mol. The van der Waals surface area contributed by atoms with Gasteiger partial charge in [0.15, 0.2) is 0 Å². The van der Waals surface area contributed by atoms with E-state index in [9.17, 15) is 4.79 Å². The minimum absolute atomic E-state index is 0.0168. The average molecular weight is 448 g/mol. The van der Waals surface area contributed by atoms with Gasteiger partial charge in [-0.25, -0.2) is 4.98 Å². The number of halogens is 1. The quantitative estimate of drug-likeness (QED) is 0.419. The zero-order valence-electron chi connectivity index (χ0n) is 16.2. The van der Waals surface area contributed by atoms with Crippen molar-refractivity contribution in [3.8, 4) is 11.3 Å². The monoisotopic (exact) mass is 447 g/mol. The van der Waals surface area contributed by atoms with Gasteiger partial charge in [0, 0.05) is 22.7 Å². The number of rotatable bonds is 6. The van der Waals surface area contributed by atoms with Gasteiger partial charge in [0.05, 0.1) is 17.4 Å². The Labute approximate surface area is 178 Å². The van der Waals surface area contributed by atoms with Crippen LogP contribution in [0.4, 0.5) is 0 Å². The lowest BCUT2D eigenvalue weighted by molar-refractivity contribution is -0.121. The Morgan fingerprint density at radius 3 is 2.52 bits per heavy atom. The van der Waals surface area contributed by atoms with Crippen LogP contribution in [0.1, 0.15) is 30.6 Å². The van der Waals surface area contributed by atoms with Gasteiger partial charge in [0.25, 0.3) is 0 Å². The summed E-state index contributed by atoms with van der Waals surface area (Å²) in [6.07, 6.45) is 3.03. The molecule has 2 aromatic carbocycles. The number of aromatic nitrogens is 2. The molecule has 146 valence electrons. The summed E-state index contributed by atoms with van der Waals surface area (Å²) in [6, 6.07) is 24.1. The summed E-state index contributed by atoms with van der Waals surface area (Å²) in [5.41, 5.74) is 5.01. The van der Waals surface area contributed by atoms with Gasteiger partial charge in [-0.05, 0) is 43.2 Å². The number of amides is 1. The Kier molecular flexibility index (Phi) is 5.76. The standard InChI is InChI=1S/C24H22BrN3O/c1-17(18-7-3-2-4-8-18)26-23(29)15-14-21-24(19-10-12-20(25)13-11-19)27-22-9-5-6-16-28(21)22/h2-13,16-17H,14-15H2,1H3,(H,26,29)/t17-/m1/s1. The molecule has 4 aromatic rings. The van der Waals surface area contributed by atoms with Gasteiger partial charge in [-0.1, -0.05) is 64.5 Å². The molecule has 0 saturated carbocycles. The summed E-state index contributed by atoms with van der Waals surface area (Å²) < 4.78 is 3.10. The molecule has 0 aliphatic carbocycles. The van der Waals surface area contributed by atoms with E-state index in [1.54, 1.807) is 0 Å². The van der Waals surface area contributed by atoms with Crippen molar-refractivity contribution in [3.63, 3.8) is 0 Å². The van der Waals surface area contributed by atoms with Crippen LogP contribution < -0.4 is 5.32 Å². The largest absolute Gasteiger partial charge is 0.350 e. The van der Waals surface area contributed by atoms with E-state index in [-0.39, 0.29) is 11.9 Å². The number of carbonyl (C=O) groups is 1. The Morgan fingerprint density at radius 2 is 1.76 bits per heavy atom. The van der Waals surface area contributed by atoms with Crippen molar-refractivity contribution in [2.45, 2.75) is 25.8 Å². The fourth-order valence-electron chi connectivity index (χ4n) is 3.50. The highest BCUT2D eigenvalue weighted by Crippen LogP contribution is 2.27. The van der Waals surface area contributed by atoms with Crippen LogP contribution in [0.5, 0.6) is 0 Å². The van der Waals surface area contributed by atoms with Crippen molar-refractivity contribution in [2.24, 2.45) is 0 Å². The molecule has 4 nitrogen and oxygen atoms in total. The number of nitrogens with zero attached hydrogens (tertiary/aromatic N) is 2. The molecule has 2 aromatic heterocycles. The number of imidazole rings is 1. The minimum atomic E-state index is -0.0168. The third-order valence-corrected chi connectivity index (χ3v) is 5.54. The first-order valence-electron chi connectivity index (χ1n) is 9.68. The molecule has 0 spiro atoms. The van der Waals surface area contributed by atoms with Crippen LogP contribution in [0.25, 0.3) is 16.9 Å². The minimum Gasteiger partial charge on any atom is -0.350 e. The van der Waals surface area contributed by atoms with Crippen molar-refractivity contribution in [1.29, 1.82) is 0 Å². The number of benzene rings is 2. The summed E-state index contributed by atoms with van der Waals surface area (Å²) in [5.74, 6) is 0.0361. The number of pyridine rings is 1. The maximum atomic E-state index is 12.6. The first-order valence-corrected chi connectivity index (χ1v) is 10.5. The highest BCUT2D eigenvalue weighted by molar-refractivity contribution is 9.10. The molecule has 0 aliphatic heterocycles. The van der Waals surface area contributed by atoms with Gasteiger partial charge in [-0.15, -0.1) is 0 Å². The second-order valence-corrected chi connectivity index (χ2v) is 7.96. The Hall–Kier alpha value is -2.92. The normalized spacial score (nSPS) is 12.1. The predicted octanol–water partition coefficient (Wildman–Crippen LogP) is 5.57. The molecule has 0 radical (unpaired) electrons. The smallest absolute Gasteiger partial charge is 0.220 e. The van der Waals surface area contributed by atoms with Crippen LogP contribution in [0, 0.1) is 0 Å². The Morgan fingerprint density at radius 1 is 1.03 bits per heavy atom. The van der Waals surface area contributed by atoms with Crippen molar-refractivity contribution < 1.29 is 4.79 Å². The van der Waals surface area contributed by atoms with Gasteiger partial charge >= 0.3 is 0 Å². The molecule has 1 atom stereocenters. The molecule has 5 heteroatoms. The first-order chi connectivity index (χ1) is 14.1. The third kappa shape index (κ3) is 4.40. The lowest BCUT2D eigenvalue weighted by atomic mass is 10.1. The first kappa shape index (κ1) is 19.4.